The van der Waals surface area contributed by atoms with E-state index in [4.69, 9.17) is 0 Å². The molecule has 0 bridgehead atoms. The Kier molecular flexibility index (Phi) is 5.86. The molecule has 7 nitrogen and oxygen atoms in total. The molecule has 3 aromatic rings. The number of hydrogen-bond donors (Lipinski definition) is 2. The number of hydrogen-bond acceptors (Lipinski definition) is 6. The lowest BCUT2D eigenvalue weighted by Gasteiger charge is -2.16. The van der Waals surface area contributed by atoms with Crippen LogP contribution in [0.15, 0.2) is 47.8 Å². The van der Waals surface area contributed by atoms with Crippen molar-refractivity contribution in [1.29, 1.82) is 0 Å². The number of aryl methyl sites for hydroxylation is 1. The molecule has 0 aliphatic heterocycles. The first-order valence-corrected chi connectivity index (χ1v) is 10.5. The number of benzene rings is 1. The molecule has 11 heteroatoms. The van der Waals surface area contributed by atoms with E-state index in [-0.39, 0.29) is 28.6 Å². The molecule has 1 aliphatic rings. The van der Waals surface area contributed by atoms with Gasteiger partial charge in [0.1, 0.15) is 17.7 Å². The molecule has 1 fully saturated rings. The quantitative estimate of drug-likeness (QED) is 0.505. The number of aromatic nitrogens is 4. The van der Waals surface area contributed by atoms with Crippen LogP contribution in [0, 0.1) is 0 Å². The summed E-state index contributed by atoms with van der Waals surface area (Å²) in [4.78, 5) is 21.6. The van der Waals surface area contributed by atoms with Gasteiger partial charge in [0.25, 0.3) is 5.91 Å². The summed E-state index contributed by atoms with van der Waals surface area (Å²) in [5, 5.41) is 10.3. The van der Waals surface area contributed by atoms with E-state index in [0.717, 1.165) is 12.8 Å². The minimum atomic E-state index is -4.36. The van der Waals surface area contributed by atoms with Gasteiger partial charge in [-0.25, -0.2) is 9.97 Å². The summed E-state index contributed by atoms with van der Waals surface area (Å²) in [6.07, 6.45) is 4.91. The first-order chi connectivity index (χ1) is 14.8. The van der Waals surface area contributed by atoms with Crippen molar-refractivity contribution in [3.05, 3.63) is 48.5 Å². The largest absolute Gasteiger partial charge is 0.446 e. The van der Waals surface area contributed by atoms with Crippen molar-refractivity contribution >= 4 is 29.2 Å². The van der Waals surface area contributed by atoms with E-state index in [9.17, 15) is 18.0 Å². The monoisotopic (exact) mass is 448 g/mol. The van der Waals surface area contributed by atoms with Crippen LogP contribution < -0.4 is 10.6 Å². The third-order valence-corrected chi connectivity index (χ3v) is 5.35. The summed E-state index contributed by atoms with van der Waals surface area (Å²) in [7, 11) is 0. The maximum atomic E-state index is 12.9. The highest BCUT2D eigenvalue weighted by Crippen LogP contribution is 2.39. The zero-order valence-electron chi connectivity index (χ0n) is 16.5. The van der Waals surface area contributed by atoms with Gasteiger partial charge in [0.05, 0.1) is 5.69 Å². The molecule has 1 amide bonds. The Morgan fingerprint density at radius 2 is 1.94 bits per heavy atom. The third-order valence-electron chi connectivity index (χ3n) is 4.61. The van der Waals surface area contributed by atoms with Gasteiger partial charge >= 0.3 is 5.51 Å². The smallest absolute Gasteiger partial charge is 0.365 e. The van der Waals surface area contributed by atoms with Crippen molar-refractivity contribution < 1.29 is 18.0 Å². The molecule has 0 unspecified atom stereocenters. The van der Waals surface area contributed by atoms with E-state index in [2.05, 4.69) is 25.7 Å². The summed E-state index contributed by atoms with van der Waals surface area (Å²) in [5.41, 5.74) is -2.63. The van der Waals surface area contributed by atoms with Gasteiger partial charge in [-0.3, -0.25) is 9.48 Å². The van der Waals surface area contributed by atoms with Gasteiger partial charge in [-0.2, -0.15) is 18.3 Å². The second kappa shape index (κ2) is 8.58. The standard InChI is InChI=1S/C20H19F3N6OS/c1-2-29-15(9-10-26-29)19(30)28-17-16(24-11-25-18(17)27-13-5-6-13)12-3-7-14(8-4-12)31-20(21,22)23/h3-4,7-11,13H,2,5-6H2,1H3,(H,28,30)(H,24,25,27). The number of nitrogens with one attached hydrogen (secondary N) is 2. The molecular formula is C20H19F3N6OS. The highest BCUT2D eigenvalue weighted by molar-refractivity contribution is 8.00. The van der Waals surface area contributed by atoms with E-state index in [1.807, 2.05) is 6.92 Å². The second-order valence-corrected chi connectivity index (χ2v) is 8.06. The molecule has 162 valence electrons. The molecule has 2 aromatic heterocycles. The topological polar surface area (TPSA) is 84.7 Å². The van der Waals surface area contributed by atoms with Crippen LogP contribution in [0.5, 0.6) is 0 Å². The second-order valence-electron chi connectivity index (χ2n) is 6.92. The lowest BCUT2D eigenvalue weighted by Crippen LogP contribution is -2.20. The molecule has 2 heterocycles. The van der Waals surface area contributed by atoms with Crippen molar-refractivity contribution in [2.24, 2.45) is 0 Å². The molecule has 1 aliphatic carbocycles. The Morgan fingerprint density at radius 3 is 2.58 bits per heavy atom. The van der Waals surface area contributed by atoms with Gasteiger partial charge in [0, 0.05) is 29.2 Å². The van der Waals surface area contributed by atoms with Gasteiger partial charge in [-0.05, 0) is 49.7 Å². The SMILES string of the molecule is CCn1nccc1C(=O)Nc1c(NC2CC2)ncnc1-c1ccc(SC(F)(F)F)cc1. The number of carbonyl (C=O) groups is 1. The summed E-state index contributed by atoms with van der Waals surface area (Å²) < 4.78 is 39.5. The lowest BCUT2D eigenvalue weighted by molar-refractivity contribution is -0.0328. The van der Waals surface area contributed by atoms with Crippen LogP contribution >= 0.6 is 11.8 Å². The Hall–Kier alpha value is -3.08. The van der Waals surface area contributed by atoms with Crippen LogP contribution in [0.3, 0.4) is 0 Å². The van der Waals surface area contributed by atoms with Crippen LogP contribution in [0.1, 0.15) is 30.3 Å². The number of carbonyl (C=O) groups excluding carboxylic acids is 1. The number of halogens is 3. The third kappa shape index (κ3) is 5.16. The maximum Gasteiger partial charge on any atom is 0.446 e. The molecule has 0 atom stereocenters. The van der Waals surface area contributed by atoms with Crippen LogP contribution in [0.2, 0.25) is 0 Å². The summed E-state index contributed by atoms with van der Waals surface area (Å²) in [5.74, 6) is 0.0932. The number of alkyl halides is 3. The van der Waals surface area contributed by atoms with E-state index in [1.165, 1.54) is 18.5 Å². The molecule has 0 saturated heterocycles. The van der Waals surface area contributed by atoms with Crippen molar-refractivity contribution in [1.82, 2.24) is 19.7 Å². The lowest BCUT2D eigenvalue weighted by atomic mass is 10.1. The summed E-state index contributed by atoms with van der Waals surface area (Å²) in [6, 6.07) is 7.72. The average molecular weight is 448 g/mol. The summed E-state index contributed by atoms with van der Waals surface area (Å²) in [6.45, 7) is 2.40. The zero-order valence-corrected chi connectivity index (χ0v) is 17.3. The highest BCUT2D eigenvalue weighted by atomic mass is 32.2. The minimum absolute atomic E-state index is 0.0686. The van der Waals surface area contributed by atoms with Gasteiger partial charge in [-0.1, -0.05) is 12.1 Å². The molecular weight excluding hydrogens is 429 g/mol. The maximum absolute atomic E-state index is 12.9. The van der Waals surface area contributed by atoms with Crippen molar-refractivity contribution in [2.45, 2.75) is 42.8 Å². The van der Waals surface area contributed by atoms with E-state index in [1.54, 1.807) is 29.1 Å². The van der Waals surface area contributed by atoms with Gasteiger partial charge in [0.2, 0.25) is 0 Å². The van der Waals surface area contributed by atoms with E-state index >= 15 is 0 Å². The molecule has 1 saturated carbocycles. The first kappa shape index (κ1) is 21.2. The fourth-order valence-electron chi connectivity index (χ4n) is 3.02. The molecule has 4 rings (SSSR count). The number of nitrogens with zero attached hydrogens (tertiary/aromatic N) is 4. The molecule has 31 heavy (non-hydrogen) atoms. The number of thioether (sulfide) groups is 1. The normalized spacial score (nSPS) is 13.8. The fourth-order valence-corrected chi connectivity index (χ4v) is 3.56. The predicted molar refractivity (Wildman–Crippen MR) is 112 cm³/mol. The highest BCUT2D eigenvalue weighted by Gasteiger charge is 2.29. The Balaban J connectivity index is 1.68. The Morgan fingerprint density at radius 1 is 1.19 bits per heavy atom. The van der Waals surface area contributed by atoms with Crippen molar-refractivity contribution in [3.63, 3.8) is 0 Å². The predicted octanol–water partition coefficient (Wildman–Crippen LogP) is 4.80. The molecule has 0 spiro atoms. The molecule has 2 N–H and O–H groups in total. The van der Waals surface area contributed by atoms with Crippen LogP contribution in [0.25, 0.3) is 11.3 Å². The van der Waals surface area contributed by atoms with Crippen LogP contribution in [0.4, 0.5) is 24.7 Å². The summed E-state index contributed by atoms with van der Waals surface area (Å²) >= 11 is -0.183. The van der Waals surface area contributed by atoms with Gasteiger partial charge < -0.3 is 10.6 Å². The Bertz CT molecular complexity index is 1080. The molecule has 1 aromatic carbocycles. The number of amides is 1. The van der Waals surface area contributed by atoms with Gasteiger partial charge in [-0.15, -0.1) is 0 Å². The first-order valence-electron chi connectivity index (χ1n) is 9.65. The Labute approximate surface area is 180 Å². The van der Waals surface area contributed by atoms with Crippen molar-refractivity contribution in [2.75, 3.05) is 10.6 Å². The van der Waals surface area contributed by atoms with E-state index in [0.29, 0.717) is 35.0 Å². The fraction of sp³-hybridized carbons (Fsp3) is 0.300. The van der Waals surface area contributed by atoms with Crippen LogP contribution in [-0.4, -0.2) is 37.2 Å². The van der Waals surface area contributed by atoms with Crippen molar-refractivity contribution in [3.8, 4) is 11.3 Å². The zero-order chi connectivity index (χ0) is 22.0. The average Bonchev–Trinajstić information content (AvgIpc) is 3.41. The minimum Gasteiger partial charge on any atom is -0.365 e. The molecule has 0 radical (unpaired) electrons. The van der Waals surface area contributed by atoms with Crippen LogP contribution in [-0.2, 0) is 6.54 Å². The number of rotatable bonds is 7. The van der Waals surface area contributed by atoms with Gasteiger partial charge in [0.15, 0.2) is 5.82 Å². The van der Waals surface area contributed by atoms with E-state index < -0.39 is 5.51 Å². The number of anilines is 2.